The number of hydrogen-bond acceptors (Lipinski definition) is 7. The lowest BCUT2D eigenvalue weighted by Gasteiger charge is -2.35. The lowest BCUT2D eigenvalue weighted by molar-refractivity contribution is -0.384. The molecule has 0 saturated carbocycles. The monoisotopic (exact) mass is 468 g/mol. The first-order chi connectivity index (χ1) is 16.0. The average Bonchev–Trinajstić information content (AvgIpc) is 3.21. The van der Waals surface area contributed by atoms with Gasteiger partial charge in [-0.15, -0.1) is 5.10 Å². The molecule has 1 amide bonds. The molecule has 11 heteroatoms. The Kier molecular flexibility index (Phi) is 7.08. The fraction of sp³-hybridized carbons (Fsp3) is 0.318. The molecule has 1 aliphatic heterocycles. The maximum atomic E-state index is 12.7. The van der Waals surface area contributed by atoms with Crippen LogP contribution < -0.4 is 10.6 Å². The summed E-state index contributed by atoms with van der Waals surface area (Å²) in [6.07, 6.45) is 0.690. The molecule has 10 nitrogen and oxygen atoms in total. The molecule has 2 aromatic carbocycles. The van der Waals surface area contributed by atoms with Crippen molar-refractivity contribution >= 4 is 29.0 Å². The zero-order chi connectivity index (χ0) is 23.2. The largest absolute Gasteiger partial charge is 0.362 e. The summed E-state index contributed by atoms with van der Waals surface area (Å²) < 4.78 is 1.55. The normalized spacial score (nSPS) is 13.8. The number of nitrogens with one attached hydrogen (secondary N) is 1. The number of hydrogen-bond donors (Lipinski definition) is 1. The number of para-hydroxylation sites is 2. The summed E-state index contributed by atoms with van der Waals surface area (Å²) in [6.45, 7) is 2.47. The first kappa shape index (κ1) is 22.6. The number of aromatic nitrogens is 3. The predicted octanol–water partition coefficient (Wildman–Crippen LogP) is 2.16. The minimum atomic E-state index is -0.384. The van der Waals surface area contributed by atoms with Gasteiger partial charge in [0.05, 0.1) is 10.7 Å². The molecule has 1 N–H and O–H groups in total. The van der Waals surface area contributed by atoms with Crippen molar-refractivity contribution in [1.29, 1.82) is 0 Å². The highest BCUT2D eigenvalue weighted by atomic mass is 32.2. The van der Waals surface area contributed by atoms with Crippen LogP contribution in [0.2, 0.25) is 0 Å². The van der Waals surface area contributed by atoms with Crippen LogP contribution in [-0.4, -0.2) is 62.4 Å². The van der Waals surface area contributed by atoms with Gasteiger partial charge in [-0.2, -0.15) is 0 Å². The van der Waals surface area contributed by atoms with Gasteiger partial charge in [-0.1, -0.05) is 54.2 Å². The highest BCUT2D eigenvalue weighted by Gasteiger charge is 2.25. The quantitative estimate of drug-likeness (QED) is 0.306. The second kappa shape index (κ2) is 10.3. The topological polar surface area (TPSA) is 117 Å². The number of H-pyrrole nitrogens is 1. The third-order valence-electron chi connectivity index (χ3n) is 5.57. The van der Waals surface area contributed by atoms with E-state index < -0.39 is 0 Å². The number of nitro benzene ring substituents is 1. The summed E-state index contributed by atoms with van der Waals surface area (Å²) in [5.74, 6) is 0.119. The minimum Gasteiger partial charge on any atom is -0.362 e. The molecule has 33 heavy (non-hydrogen) atoms. The molecule has 3 aromatic rings. The number of thioether (sulfide) groups is 1. The molecule has 0 radical (unpaired) electrons. The molecule has 2 heterocycles. The molecule has 4 rings (SSSR count). The maximum absolute atomic E-state index is 12.7. The third kappa shape index (κ3) is 5.43. The van der Waals surface area contributed by atoms with E-state index in [0.717, 1.165) is 5.56 Å². The molecule has 1 fully saturated rings. The molecule has 0 unspecified atom stereocenters. The second-order valence-corrected chi connectivity index (χ2v) is 8.54. The van der Waals surface area contributed by atoms with E-state index in [4.69, 9.17) is 0 Å². The van der Waals surface area contributed by atoms with E-state index in [1.165, 1.54) is 17.8 Å². The lowest BCUT2D eigenvalue weighted by Crippen LogP contribution is -2.49. The van der Waals surface area contributed by atoms with E-state index in [0.29, 0.717) is 50.0 Å². The zero-order valence-electron chi connectivity index (χ0n) is 17.9. The summed E-state index contributed by atoms with van der Waals surface area (Å²) >= 11 is 1.23. The van der Waals surface area contributed by atoms with Crippen molar-refractivity contribution in [1.82, 2.24) is 19.7 Å². The zero-order valence-corrected chi connectivity index (χ0v) is 18.7. The van der Waals surface area contributed by atoms with Crippen LogP contribution in [-0.2, 0) is 17.8 Å². The van der Waals surface area contributed by atoms with Gasteiger partial charge in [0.2, 0.25) is 5.91 Å². The summed E-state index contributed by atoms with van der Waals surface area (Å²) in [7, 11) is 0. The van der Waals surface area contributed by atoms with Crippen molar-refractivity contribution in [3.63, 3.8) is 0 Å². The van der Waals surface area contributed by atoms with Crippen molar-refractivity contribution in [2.75, 3.05) is 36.8 Å². The number of carbonyl (C=O) groups excluding carboxylic acids is 1. The Morgan fingerprint density at radius 3 is 2.48 bits per heavy atom. The Labute approximate surface area is 194 Å². The Bertz CT molecular complexity index is 1170. The number of aromatic amines is 1. The van der Waals surface area contributed by atoms with Crippen molar-refractivity contribution in [3.05, 3.63) is 80.8 Å². The van der Waals surface area contributed by atoms with Crippen LogP contribution in [0.4, 0.5) is 11.4 Å². The van der Waals surface area contributed by atoms with Crippen LogP contribution in [0.25, 0.3) is 0 Å². The van der Waals surface area contributed by atoms with Crippen molar-refractivity contribution in [2.24, 2.45) is 0 Å². The van der Waals surface area contributed by atoms with E-state index >= 15 is 0 Å². The minimum absolute atomic E-state index is 0.0488. The van der Waals surface area contributed by atoms with Crippen molar-refractivity contribution in [3.8, 4) is 0 Å². The van der Waals surface area contributed by atoms with Gasteiger partial charge in [-0.3, -0.25) is 19.5 Å². The lowest BCUT2D eigenvalue weighted by atomic mass is 10.1. The van der Waals surface area contributed by atoms with Crippen LogP contribution in [0, 0.1) is 10.1 Å². The van der Waals surface area contributed by atoms with Gasteiger partial charge in [0, 0.05) is 38.8 Å². The summed E-state index contributed by atoms with van der Waals surface area (Å²) in [4.78, 5) is 39.5. The number of anilines is 1. The first-order valence-corrected chi connectivity index (χ1v) is 11.6. The number of aryl methyl sites for hydroxylation is 1. The van der Waals surface area contributed by atoms with Gasteiger partial charge in [0.25, 0.3) is 5.69 Å². The number of nitro groups is 1. The van der Waals surface area contributed by atoms with Gasteiger partial charge in [-0.25, -0.2) is 9.89 Å². The first-order valence-electron chi connectivity index (χ1n) is 10.6. The van der Waals surface area contributed by atoms with Crippen LogP contribution in [0.15, 0.2) is 64.5 Å². The van der Waals surface area contributed by atoms with Gasteiger partial charge < -0.3 is 9.80 Å². The highest BCUT2D eigenvalue weighted by Crippen LogP contribution is 2.28. The third-order valence-corrected chi connectivity index (χ3v) is 6.53. The second-order valence-electron chi connectivity index (χ2n) is 7.60. The molecular formula is C22H24N6O4S. The molecular weight excluding hydrogens is 444 g/mol. The number of carbonyl (C=O) groups is 1. The van der Waals surface area contributed by atoms with Crippen LogP contribution in [0.5, 0.6) is 0 Å². The maximum Gasteiger partial charge on any atom is 0.343 e. The van der Waals surface area contributed by atoms with Gasteiger partial charge in [0.15, 0.2) is 5.16 Å². The van der Waals surface area contributed by atoms with Crippen molar-refractivity contribution in [2.45, 2.75) is 18.1 Å². The van der Waals surface area contributed by atoms with E-state index in [2.05, 4.69) is 10.2 Å². The Morgan fingerprint density at radius 2 is 1.76 bits per heavy atom. The Balaban J connectivity index is 1.31. The van der Waals surface area contributed by atoms with E-state index in [1.807, 2.05) is 35.2 Å². The Hall–Kier alpha value is -3.60. The van der Waals surface area contributed by atoms with E-state index in [-0.39, 0.29) is 28.0 Å². The molecule has 0 aliphatic carbocycles. The van der Waals surface area contributed by atoms with Gasteiger partial charge in [0.1, 0.15) is 5.69 Å². The highest BCUT2D eigenvalue weighted by molar-refractivity contribution is 7.99. The molecule has 1 saturated heterocycles. The smallest absolute Gasteiger partial charge is 0.343 e. The summed E-state index contributed by atoms with van der Waals surface area (Å²) in [5, 5.41) is 18.3. The molecule has 0 spiro atoms. The van der Waals surface area contributed by atoms with Crippen LogP contribution in [0.1, 0.15) is 5.56 Å². The molecule has 172 valence electrons. The number of rotatable bonds is 8. The number of amides is 1. The van der Waals surface area contributed by atoms with Crippen LogP contribution in [0.3, 0.4) is 0 Å². The Morgan fingerprint density at radius 1 is 1.06 bits per heavy atom. The average molecular weight is 469 g/mol. The number of benzene rings is 2. The van der Waals surface area contributed by atoms with Crippen molar-refractivity contribution < 1.29 is 9.72 Å². The fourth-order valence-corrected chi connectivity index (χ4v) is 4.67. The SMILES string of the molecule is O=C(CSc1n[nH]c(=O)n1CCc1ccccc1)N1CCN(c2ccccc2[N+](=O)[O-])CC1. The summed E-state index contributed by atoms with van der Waals surface area (Å²) in [5.41, 5.74) is 1.47. The summed E-state index contributed by atoms with van der Waals surface area (Å²) in [6, 6.07) is 16.5. The van der Waals surface area contributed by atoms with Gasteiger partial charge in [-0.05, 0) is 18.1 Å². The molecule has 1 aliphatic rings. The molecule has 1 aromatic heterocycles. The van der Waals surface area contributed by atoms with Gasteiger partial charge >= 0.3 is 5.69 Å². The molecule has 0 bridgehead atoms. The standard InChI is InChI=1S/C22H24N6O4S/c29-20(26-14-12-25(13-15-26)18-8-4-5-9-19(18)28(31)32)16-33-22-24-23-21(30)27(22)11-10-17-6-2-1-3-7-17/h1-9H,10-16H2,(H,23,30). The predicted molar refractivity (Wildman–Crippen MR) is 126 cm³/mol. The molecule has 0 atom stereocenters. The number of piperazine rings is 1. The van der Waals surface area contributed by atoms with E-state index in [1.54, 1.807) is 27.7 Å². The number of nitrogens with zero attached hydrogens (tertiary/aromatic N) is 5. The van der Waals surface area contributed by atoms with E-state index in [9.17, 15) is 19.7 Å². The van der Waals surface area contributed by atoms with Crippen LogP contribution >= 0.6 is 11.8 Å². The fourth-order valence-electron chi connectivity index (χ4n) is 3.80.